The van der Waals surface area contributed by atoms with Gasteiger partial charge in [0.25, 0.3) is 0 Å². The van der Waals surface area contributed by atoms with Gasteiger partial charge in [-0.1, -0.05) is 22.9 Å². The van der Waals surface area contributed by atoms with Crippen LogP contribution in [0.15, 0.2) is 46.4 Å². The number of nitrogens with zero attached hydrogens (tertiary/aromatic N) is 1. The number of benzene rings is 2. The zero-order valence-corrected chi connectivity index (χ0v) is 16.9. The lowest BCUT2D eigenvalue weighted by atomic mass is 9.72. The van der Waals surface area contributed by atoms with E-state index in [1.165, 1.54) is 19.2 Å². The van der Waals surface area contributed by atoms with E-state index < -0.39 is 32.1 Å². The minimum absolute atomic E-state index is 0.0544. The molecule has 1 aliphatic carbocycles. The van der Waals surface area contributed by atoms with Gasteiger partial charge in [0, 0.05) is 5.92 Å². The standard InChI is InChI=1S/C21H21F2NO4S/c1-13-3-5-16(6-4-13)29(25,26)21-10-9-15(24-27-2)11-14(21)12-28-20-18(23)8-7-17(22)19(20)21/h3-8,14H,9-12H2,1-2H3/b24-15-/t14-,21+/m1/s1. The fraction of sp³-hybridized carbons (Fsp3) is 0.381. The monoisotopic (exact) mass is 421 g/mol. The molecule has 4 rings (SSSR count). The first-order valence-corrected chi connectivity index (χ1v) is 10.8. The van der Waals surface area contributed by atoms with E-state index in [1.807, 2.05) is 6.92 Å². The summed E-state index contributed by atoms with van der Waals surface area (Å²) in [5.41, 5.74) is 1.36. The van der Waals surface area contributed by atoms with Gasteiger partial charge in [0.2, 0.25) is 0 Å². The second-order valence-corrected chi connectivity index (χ2v) is 9.70. The van der Waals surface area contributed by atoms with Crippen LogP contribution >= 0.6 is 0 Å². The lowest BCUT2D eigenvalue weighted by Gasteiger charge is -2.47. The van der Waals surface area contributed by atoms with Crippen molar-refractivity contribution in [3.05, 3.63) is 59.2 Å². The third kappa shape index (κ3) is 2.92. The molecule has 1 heterocycles. The zero-order chi connectivity index (χ0) is 20.8. The third-order valence-corrected chi connectivity index (χ3v) is 8.46. The average Bonchev–Trinajstić information content (AvgIpc) is 2.70. The molecule has 5 nitrogen and oxygen atoms in total. The van der Waals surface area contributed by atoms with Crippen LogP contribution in [-0.2, 0) is 19.4 Å². The molecule has 2 aromatic rings. The molecular weight excluding hydrogens is 400 g/mol. The SMILES string of the molecule is CO/N=C1/CC[C@@]2(S(=O)(=O)c3ccc(C)cc3)c3c(F)ccc(F)c3OC[C@H]2C1. The van der Waals surface area contributed by atoms with Gasteiger partial charge < -0.3 is 9.57 Å². The molecule has 0 spiro atoms. The Morgan fingerprint density at radius 1 is 1.14 bits per heavy atom. The van der Waals surface area contributed by atoms with Gasteiger partial charge in [-0.05, 0) is 50.5 Å². The second-order valence-electron chi connectivity index (χ2n) is 7.49. The van der Waals surface area contributed by atoms with Gasteiger partial charge in [-0.15, -0.1) is 0 Å². The number of sulfone groups is 1. The van der Waals surface area contributed by atoms with Gasteiger partial charge >= 0.3 is 0 Å². The number of aryl methyl sites for hydroxylation is 1. The molecule has 29 heavy (non-hydrogen) atoms. The van der Waals surface area contributed by atoms with Crippen molar-refractivity contribution in [3.63, 3.8) is 0 Å². The predicted octanol–water partition coefficient (Wildman–Crippen LogP) is 4.14. The predicted molar refractivity (Wildman–Crippen MR) is 104 cm³/mol. The Morgan fingerprint density at radius 2 is 1.83 bits per heavy atom. The van der Waals surface area contributed by atoms with Crippen LogP contribution < -0.4 is 4.74 Å². The maximum atomic E-state index is 15.1. The fourth-order valence-electron chi connectivity index (χ4n) is 4.49. The Bertz CT molecular complexity index is 1080. The molecule has 0 N–H and O–H groups in total. The Hall–Kier alpha value is -2.48. The number of rotatable bonds is 3. The molecule has 0 saturated heterocycles. The van der Waals surface area contributed by atoms with E-state index in [4.69, 9.17) is 9.57 Å². The summed E-state index contributed by atoms with van der Waals surface area (Å²) in [6.07, 6.45) is 0.617. The van der Waals surface area contributed by atoms with Crippen LogP contribution in [0, 0.1) is 24.5 Å². The van der Waals surface area contributed by atoms with Crippen LogP contribution in [0.3, 0.4) is 0 Å². The van der Waals surface area contributed by atoms with Crippen LogP contribution in [-0.4, -0.2) is 27.8 Å². The van der Waals surface area contributed by atoms with Crippen LogP contribution in [0.2, 0.25) is 0 Å². The van der Waals surface area contributed by atoms with Crippen molar-refractivity contribution in [2.24, 2.45) is 11.1 Å². The molecule has 1 aliphatic heterocycles. The Kier molecular flexibility index (Phi) is 4.85. The minimum Gasteiger partial charge on any atom is -0.490 e. The summed E-state index contributed by atoms with van der Waals surface area (Å²) in [6, 6.07) is 8.35. The fourth-order valence-corrected chi connectivity index (χ4v) is 6.82. The third-order valence-electron chi connectivity index (χ3n) is 5.87. The molecule has 0 unspecified atom stereocenters. The van der Waals surface area contributed by atoms with Crippen molar-refractivity contribution in [2.75, 3.05) is 13.7 Å². The number of hydrogen-bond donors (Lipinski definition) is 0. The maximum Gasteiger partial charge on any atom is 0.188 e. The summed E-state index contributed by atoms with van der Waals surface area (Å²) in [7, 11) is -2.66. The van der Waals surface area contributed by atoms with E-state index in [0.29, 0.717) is 12.1 Å². The Balaban J connectivity index is 1.99. The van der Waals surface area contributed by atoms with Gasteiger partial charge in [-0.3, -0.25) is 0 Å². The van der Waals surface area contributed by atoms with E-state index >= 15 is 4.39 Å². The van der Waals surface area contributed by atoms with Crippen LogP contribution in [0.1, 0.15) is 30.4 Å². The molecule has 1 saturated carbocycles. The maximum absolute atomic E-state index is 15.1. The van der Waals surface area contributed by atoms with Crippen molar-refractivity contribution in [1.82, 2.24) is 0 Å². The highest BCUT2D eigenvalue weighted by Crippen LogP contribution is 2.56. The van der Waals surface area contributed by atoms with E-state index in [2.05, 4.69) is 5.16 Å². The number of fused-ring (bicyclic) bond motifs is 3. The molecule has 0 amide bonds. The van der Waals surface area contributed by atoms with Crippen molar-refractivity contribution in [3.8, 4) is 5.75 Å². The van der Waals surface area contributed by atoms with Crippen LogP contribution in [0.5, 0.6) is 5.75 Å². The van der Waals surface area contributed by atoms with E-state index in [0.717, 1.165) is 17.7 Å². The average molecular weight is 421 g/mol. The van der Waals surface area contributed by atoms with E-state index in [9.17, 15) is 12.8 Å². The lowest BCUT2D eigenvalue weighted by molar-refractivity contribution is 0.147. The van der Waals surface area contributed by atoms with Crippen molar-refractivity contribution < 1.29 is 26.8 Å². The Morgan fingerprint density at radius 3 is 2.52 bits per heavy atom. The number of oxime groups is 1. The van der Waals surface area contributed by atoms with Gasteiger partial charge in [-0.25, -0.2) is 17.2 Å². The summed E-state index contributed by atoms with van der Waals surface area (Å²) in [5.74, 6) is -2.49. The van der Waals surface area contributed by atoms with Crippen molar-refractivity contribution in [1.29, 1.82) is 0 Å². The molecule has 2 aliphatic rings. The topological polar surface area (TPSA) is 65.0 Å². The summed E-state index contributed by atoms with van der Waals surface area (Å²) < 4.78 is 61.3. The molecule has 2 aromatic carbocycles. The Labute approximate surface area is 168 Å². The first-order chi connectivity index (χ1) is 13.8. The van der Waals surface area contributed by atoms with Crippen LogP contribution in [0.25, 0.3) is 0 Å². The summed E-state index contributed by atoms with van der Waals surface area (Å²) in [4.78, 5) is 4.93. The smallest absolute Gasteiger partial charge is 0.188 e. The molecule has 2 atom stereocenters. The molecule has 8 heteroatoms. The highest BCUT2D eigenvalue weighted by atomic mass is 32.2. The highest BCUT2D eigenvalue weighted by Gasteiger charge is 2.59. The minimum atomic E-state index is -4.07. The van der Waals surface area contributed by atoms with Gasteiger partial charge in [-0.2, -0.15) is 0 Å². The lowest BCUT2D eigenvalue weighted by Crippen LogP contribution is -2.52. The molecule has 0 bridgehead atoms. The zero-order valence-electron chi connectivity index (χ0n) is 16.1. The molecule has 1 fully saturated rings. The summed E-state index contributed by atoms with van der Waals surface area (Å²) in [5, 5.41) is 3.97. The summed E-state index contributed by atoms with van der Waals surface area (Å²) in [6.45, 7) is 1.80. The molecule has 0 aromatic heterocycles. The first kappa shape index (κ1) is 19.8. The number of ether oxygens (including phenoxy) is 1. The molecule has 0 radical (unpaired) electrons. The normalized spacial score (nSPS) is 25.1. The van der Waals surface area contributed by atoms with Gasteiger partial charge in [0.1, 0.15) is 17.7 Å². The van der Waals surface area contributed by atoms with E-state index in [1.54, 1.807) is 12.1 Å². The van der Waals surface area contributed by atoms with Crippen molar-refractivity contribution in [2.45, 2.75) is 35.8 Å². The number of halogens is 2. The second kappa shape index (κ2) is 7.09. The van der Waals surface area contributed by atoms with E-state index in [-0.39, 0.29) is 35.7 Å². The van der Waals surface area contributed by atoms with Crippen molar-refractivity contribution >= 4 is 15.5 Å². The van der Waals surface area contributed by atoms with Gasteiger partial charge in [0.15, 0.2) is 21.4 Å². The molecule has 154 valence electrons. The van der Waals surface area contributed by atoms with Gasteiger partial charge in [0.05, 0.1) is 22.8 Å². The largest absolute Gasteiger partial charge is 0.490 e. The highest BCUT2D eigenvalue weighted by molar-refractivity contribution is 7.92. The first-order valence-electron chi connectivity index (χ1n) is 9.32. The quantitative estimate of drug-likeness (QED) is 0.699. The molecular formula is C21H21F2NO4S. The summed E-state index contributed by atoms with van der Waals surface area (Å²) >= 11 is 0. The number of hydrogen-bond acceptors (Lipinski definition) is 5. The van der Waals surface area contributed by atoms with Crippen LogP contribution in [0.4, 0.5) is 8.78 Å².